The maximum Gasteiger partial charge on any atom is 0.184 e. The van der Waals surface area contributed by atoms with Gasteiger partial charge in [0.05, 0.1) is 13.2 Å². The van der Waals surface area contributed by atoms with E-state index in [-0.39, 0.29) is 6.61 Å². The van der Waals surface area contributed by atoms with Crippen molar-refractivity contribution in [3.05, 3.63) is 35.9 Å². The number of aliphatic hydroxyl groups excluding tert-OH is 2. The highest BCUT2D eigenvalue weighted by Gasteiger charge is 2.46. The van der Waals surface area contributed by atoms with E-state index >= 15 is 0 Å². The Hall–Kier alpha value is -1.02. The molecule has 2 rings (SSSR count). The Morgan fingerprint density at radius 2 is 1.71 bits per heavy atom. The summed E-state index contributed by atoms with van der Waals surface area (Å²) in [6.45, 7) is 0.0879. The van der Waals surface area contributed by atoms with Gasteiger partial charge < -0.3 is 29.2 Å². The van der Waals surface area contributed by atoms with Crippen molar-refractivity contribution in [2.75, 3.05) is 20.8 Å². The lowest BCUT2D eigenvalue weighted by molar-refractivity contribution is -0.304. The van der Waals surface area contributed by atoms with E-state index in [1.165, 1.54) is 14.2 Å². The predicted molar refractivity (Wildman–Crippen MR) is 74.6 cm³/mol. The summed E-state index contributed by atoms with van der Waals surface area (Å²) < 4.78 is 21.8. The molecule has 6 nitrogen and oxygen atoms in total. The lowest BCUT2D eigenvalue weighted by Gasteiger charge is -2.43. The second-order valence-electron chi connectivity index (χ2n) is 4.91. The second kappa shape index (κ2) is 7.84. The zero-order valence-electron chi connectivity index (χ0n) is 12.2. The molecule has 5 atom stereocenters. The van der Waals surface area contributed by atoms with Gasteiger partial charge in [-0.1, -0.05) is 30.3 Å². The number of ether oxygens (including phenoxy) is 4. The fourth-order valence-electron chi connectivity index (χ4n) is 2.53. The molecule has 1 aliphatic heterocycles. The molecule has 0 spiro atoms. The average Bonchev–Trinajstić information content (AvgIpc) is 2.53. The first kappa shape index (κ1) is 16.4. The van der Waals surface area contributed by atoms with Crippen molar-refractivity contribution in [1.82, 2.24) is 0 Å². The summed E-state index contributed by atoms with van der Waals surface area (Å²) >= 11 is 0. The number of hydrogen-bond donors (Lipinski definition) is 2. The summed E-state index contributed by atoms with van der Waals surface area (Å²) in [5.74, 6) is 0. The molecule has 0 aliphatic carbocycles. The molecular formula is C15H22O6. The molecule has 1 aliphatic rings. The standard InChI is InChI=1S/C15H22O6/c1-18-13-12(20-9-10-6-4-3-5-7-10)11(8-16)21-15(17)14(13)19-2/h3-7,11-17H,8-9H2,1-2H3/t11-,12+,13+,14-,15+/m1/s1. The number of aliphatic hydroxyl groups is 2. The molecule has 0 radical (unpaired) electrons. The van der Waals surface area contributed by atoms with Gasteiger partial charge in [0.15, 0.2) is 6.29 Å². The van der Waals surface area contributed by atoms with Crippen molar-refractivity contribution in [3.63, 3.8) is 0 Å². The number of benzene rings is 1. The summed E-state index contributed by atoms with van der Waals surface area (Å²) in [5.41, 5.74) is 1.00. The van der Waals surface area contributed by atoms with Gasteiger partial charge in [-0.05, 0) is 5.56 Å². The SMILES string of the molecule is CO[C@@H]1[C@@H](OC)[C@@H](O)O[C@H](CO)[C@@H]1OCc1ccccc1. The molecule has 0 aromatic heterocycles. The molecular weight excluding hydrogens is 276 g/mol. The maximum absolute atomic E-state index is 9.88. The molecule has 0 amide bonds. The number of methoxy groups -OCH3 is 2. The first-order valence-electron chi connectivity index (χ1n) is 6.86. The van der Waals surface area contributed by atoms with Gasteiger partial charge in [0.1, 0.15) is 24.4 Å². The summed E-state index contributed by atoms with van der Waals surface area (Å²) in [6.07, 6.45) is -3.56. The van der Waals surface area contributed by atoms with Gasteiger partial charge in [0.2, 0.25) is 0 Å². The third-order valence-corrected chi connectivity index (χ3v) is 3.62. The van der Waals surface area contributed by atoms with E-state index in [1.54, 1.807) is 0 Å². The molecule has 2 N–H and O–H groups in total. The van der Waals surface area contributed by atoms with E-state index in [9.17, 15) is 10.2 Å². The van der Waals surface area contributed by atoms with Gasteiger partial charge >= 0.3 is 0 Å². The van der Waals surface area contributed by atoms with E-state index in [0.717, 1.165) is 5.56 Å². The van der Waals surface area contributed by atoms with E-state index < -0.39 is 30.7 Å². The van der Waals surface area contributed by atoms with E-state index in [4.69, 9.17) is 18.9 Å². The largest absolute Gasteiger partial charge is 0.394 e. The Morgan fingerprint density at radius 1 is 1.05 bits per heavy atom. The number of rotatable bonds is 6. The van der Waals surface area contributed by atoms with Crippen LogP contribution in [0.1, 0.15) is 5.56 Å². The number of hydrogen-bond acceptors (Lipinski definition) is 6. The fourth-order valence-corrected chi connectivity index (χ4v) is 2.53. The second-order valence-corrected chi connectivity index (χ2v) is 4.91. The van der Waals surface area contributed by atoms with Crippen LogP contribution in [-0.2, 0) is 25.6 Å². The molecule has 0 unspecified atom stereocenters. The lowest BCUT2D eigenvalue weighted by Crippen LogP contribution is -2.60. The first-order chi connectivity index (χ1) is 10.2. The Bertz CT molecular complexity index is 412. The van der Waals surface area contributed by atoms with Gasteiger partial charge in [-0.25, -0.2) is 0 Å². The summed E-state index contributed by atoms with van der Waals surface area (Å²) in [7, 11) is 2.98. The molecule has 1 aromatic rings. The van der Waals surface area contributed by atoms with Gasteiger partial charge in [-0.3, -0.25) is 0 Å². The quantitative estimate of drug-likeness (QED) is 0.787. The summed E-state index contributed by atoms with van der Waals surface area (Å²) in [6, 6.07) is 9.67. The third kappa shape index (κ3) is 3.79. The van der Waals surface area contributed by atoms with Crippen molar-refractivity contribution in [2.24, 2.45) is 0 Å². The summed E-state index contributed by atoms with van der Waals surface area (Å²) in [4.78, 5) is 0. The van der Waals surface area contributed by atoms with Crippen LogP contribution < -0.4 is 0 Å². The van der Waals surface area contributed by atoms with Gasteiger partial charge in [0, 0.05) is 14.2 Å². The molecule has 1 heterocycles. The van der Waals surface area contributed by atoms with Crippen LogP contribution >= 0.6 is 0 Å². The van der Waals surface area contributed by atoms with Crippen LogP contribution in [0.2, 0.25) is 0 Å². The lowest BCUT2D eigenvalue weighted by atomic mass is 9.98. The van der Waals surface area contributed by atoms with Crippen LogP contribution in [0.3, 0.4) is 0 Å². The van der Waals surface area contributed by atoms with Crippen LogP contribution in [0.4, 0.5) is 0 Å². The zero-order chi connectivity index (χ0) is 15.2. The van der Waals surface area contributed by atoms with Crippen molar-refractivity contribution in [1.29, 1.82) is 0 Å². The average molecular weight is 298 g/mol. The molecule has 1 saturated heterocycles. The van der Waals surface area contributed by atoms with Crippen LogP contribution in [0.15, 0.2) is 30.3 Å². The van der Waals surface area contributed by atoms with Crippen molar-refractivity contribution in [3.8, 4) is 0 Å². The highest BCUT2D eigenvalue weighted by molar-refractivity contribution is 5.13. The third-order valence-electron chi connectivity index (χ3n) is 3.62. The minimum atomic E-state index is -1.16. The normalized spacial score (nSPS) is 33.0. The maximum atomic E-state index is 9.88. The Kier molecular flexibility index (Phi) is 6.10. The Labute approximate surface area is 124 Å². The first-order valence-corrected chi connectivity index (χ1v) is 6.86. The smallest absolute Gasteiger partial charge is 0.184 e. The molecule has 0 bridgehead atoms. The molecule has 1 aromatic carbocycles. The van der Waals surface area contributed by atoms with Crippen molar-refractivity contribution in [2.45, 2.75) is 37.3 Å². The van der Waals surface area contributed by atoms with Crippen LogP contribution in [0.5, 0.6) is 0 Å². The highest BCUT2D eigenvalue weighted by Crippen LogP contribution is 2.26. The summed E-state index contributed by atoms with van der Waals surface area (Å²) in [5, 5.41) is 19.3. The predicted octanol–water partition coefficient (Wildman–Crippen LogP) is 0.311. The van der Waals surface area contributed by atoms with Gasteiger partial charge in [0.25, 0.3) is 0 Å². The van der Waals surface area contributed by atoms with Gasteiger partial charge in [-0.2, -0.15) is 0 Å². The van der Waals surface area contributed by atoms with Crippen LogP contribution in [-0.4, -0.2) is 61.7 Å². The van der Waals surface area contributed by atoms with Gasteiger partial charge in [-0.15, -0.1) is 0 Å². The Balaban J connectivity index is 2.08. The molecule has 6 heteroatoms. The molecule has 0 saturated carbocycles. The van der Waals surface area contributed by atoms with Crippen LogP contribution in [0.25, 0.3) is 0 Å². The molecule has 118 valence electrons. The highest BCUT2D eigenvalue weighted by atomic mass is 16.7. The van der Waals surface area contributed by atoms with E-state index in [2.05, 4.69) is 0 Å². The van der Waals surface area contributed by atoms with Crippen LogP contribution in [0, 0.1) is 0 Å². The minimum absolute atomic E-state index is 0.271. The van der Waals surface area contributed by atoms with Crippen molar-refractivity contribution >= 4 is 0 Å². The van der Waals surface area contributed by atoms with Crippen molar-refractivity contribution < 1.29 is 29.2 Å². The molecule has 21 heavy (non-hydrogen) atoms. The topological polar surface area (TPSA) is 77.4 Å². The van der Waals surface area contributed by atoms with E-state index in [0.29, 0.717) is 6.61 Å². The van der Waals surface area contributed by atoms with E-state index in [1.807, 2.05) is 30.3 Å². The monoisotopic (exact) mass is 298 g/mol. The molecule has 1 fully saturated rings. The fraction of sp³-hybridized carbons (Fsp3) is 0.600. The Morgan fingerprint density at radius 3 is 2.29 bits per heavy atom. The zero-order valence-corrected chi connectivity index (χ0v) is 12.2. The minimum Gasteiger partial charge on any atom is -0.394 e.